The fraction of sp³-hybridized carbons (Fsp3) is 0.538. The summed E-state index contributed by atoms with van der Waals surface area (Å²) in [4.78, 5) is 0. The molecule has 100 valence electrons. The third-order valence-corrected chi connectivity index (χ3v) is 3.82. The summed E-state index contributed by atoms with van der Waals surface area (Å²) in [5.74, 6) is 0.831. The Morgan fingerprint density at radius 3 is 2.78 bits per heavy atom. The van der Waals surface area contributed by atoms with Crippen molar-refractivity contribution in [1.82, 2.24) is 5.32 Å². The Morgan fingerprint density at radius 2 is 2.28 bits per heavy atom. The van der Waals surface area contributed by atoms with Crippen LogP contribution in [0.5, 0.6) is 5.75 Å². The van der Waals surface area contributed by atoms with Crippen molar-refractivity contribution in [2.45, 2.75) is 6.54 Å². The Morgan fingerprint density at radius 1 is 1.50 bits per heavy atom. The molecule has 0 unspecified atom stereocenters. The maximum Gasteiger partial charge on any atom is 0.133 e. The Kier molecular flexibility index (Phi) is 4.61. The van der Waals surface area contributed by atoms with Crippen molar-refractivity contribution in [3.8, 4) is 5.75 Å². The highest BCUT2D eigenvalue weighted by Crippen LogP contribution is 2.27. The van der Waals surface area contributed by atoms with Gasteiger partial charge in [0, 0.05) is 13.1 Å². The molecule has 1 fully saturated rings. The molecular weight excluding hydrogens is 298 g/mol. The highest BCUT2D eigenvalue weighted by Gasteiger charge is 2.37. The topological polar surface area (TPSA) is 50.7 Å². The number of hydrogen-bond acceptors (Lipinski definition) is 4. The molecule has 1 aliphatic rings. The van der Waals surface area contributed by atoms with E-state index < -0.39 is 0 Å². The average Bonchev–Trinajstić information content (AvgIpc) is 2.33. The molecule has 1 aliphatic heterocycles. The van der Waals surface area contributed by atoms with Crippen LogP contribution in [0.1, 0.15) is 5.56 Å². The van der Waals surface area contributed by atoms with Crippen molar-refractivity contribution < 1.29 is 14.6 Å². The molecule has 0 amide bonds. The predicted molar refractivity (Wildman–Crippen MR) is 72.7 cm³/mol. The molecule has 2 N–H and O–H groups in total. The number of ether oxygens (including phenoxy) is 2. The summed E-state index contributed by atoms with van der Waals surface area (Å²) in [5, 5.41) is 12.7. The van der Waals surface area contributed by atoms with Crippen LogP contribution in [0.4, 0.5) is 0 Å². The number of halogens is 1. The smallest absolute Gasteiger partial charge is 0.133 e. The van der Waals surface area contributed by atoms with Gasteiger partial charge in [-0.2, -0.15) is 0 Å². The second-order valence-electron chi connectivity index (χ2n) is 4.72. The lowest BCUT2D eigenvalue weighted by Gasteiger charge is -2.40. The van der Waals surface area contributed by atoms with Gasteiger partial charge in [0.05, 0.1) is 36.8 Å². The van der Waals surface area contributed by atoms with E-state index in [4.69, 9.17) is 9.47 Å². The quantitative estimate of drug-likeness (QED) is 0.836. The lowest BCUT2D eigenvalue weighted by Crippen LogP contribution is -2.52. The summed E-state index contributed by atoms with van der Waals surface area (Å²) in [6.45, 7) is 3.00. The van der Waals surface area contributed by atoms with E-state index in [1.165, 1.54) is 5.56 Å². The van der Waals surface area contributed by atoms with Gasteiger partial charge in [0.15, 0.2) is 0 Å². The first-order valence-electron chi connectivity index (χ1n) is 5.91. The summed E-state index contributed by atoms with van der Waals surface area (Å²) in [7, 11) is 1.65. The van der Waals surface area contributed by atoms with E-state index in [0.29, 0.717) is 13.2 Å². The van der Waals surface area contributed by atoms with Crippen LogP contribution in [-0.4, -0.2) is 38.6 Å². The minimum Gasteiger partial charge on any atom is -0.496 e. The van der Waals surface area contributed by atoms with Gasteiger partial charge in [0.25, 0.3) is 0 Å². The molecule has 0 bridgehead atoms. The van der Waals surface area contributed by atoms with E-state index in [9.17, 15) is 5.11 Å². The highest BCUT2D eigenvalue weighted by molar-refractivity contribution is 9.10. The van der Waals surface area contributed by atoms with E-state index in [0.717, 1.165) is 23.3 Å². The van der Waals surface area contributed by atoms with Crippen LogP contribution in [0, 0.1) is 5.41 Å². The van der Waals surface area contributed by atoms with E-state index in [1.807, 2.05) is 18.2 Å². The SMILES string of the molecule is COc1ccc(CNCC2(CO)COC2)cc1Br. The van der Waals surface area contributed by atoms with Gasteiger partial charge in [-0.1, -0.05) is 6.07 Å². The Labute approximate surface area is 115 Å². The van der Waals surface area contributed by atoms with E-state index in [2.05, 4.69) is 21.2 Å². The maximum absolute atomic E-state index is 9.30. The van der Waals surface area contributed by atoms with Gasteiger partial charge in [-0.05, 0) is 33.6 Å². The summed E-state index contributed by atoms with van der Waals surface area (Å²) >= 11 is 3.46. The molecule has 0 aliphatic carbocycles. The van der Waals surface area contributed by atoms with Crippen molar-refractivity contribution >= 4 is 15.9 Å². The first-order chi connectivity index (χ1) is 8.69. The monoisotopic (exact) mass is 315 g/mol. The van der Waals surface area contributed by atoms with Crippen LogP contribution < -0.4 is 10.1 Å². The van der Waals surface area contributed by atoms with Gasteiger partial charge in [-0.25, -0.2) is 0 Å². The van der Waals surface area contributed by atoms with Crippen LogP contribution in [0.15, 0.2) is 22.7 Å². The molecule has 1 heterocycles. The number of rotatable bonds is 6. The minimum atomic E-state index is -0.0797. The van der Waals surface area contributed by atoms with Crippen LogP contribution in [0.2, 0.25) is 0 Å². The van der Waals surface area contributed by atoms with Gasteiger partial charge in [-0.15, -0.1) is 0 Å². The van der Waals surface area contributed by atoms with Crippen molar-refractivity contribution in [1.29, 1.82) is 0 Å². The maximum atomic E-state index is 9.30. The standard InChI is InChI=1S/C13H18BrNO3/c1-17-12-3-2-10(4-11(12)14)5-15-6-13(7-16)8-18-9-13/h2-4,15-16H,5-9H2,1H3. The molecular formula is C13H18BrNO3. The molecule has 5 heteroatoms. The molecule has 4 nitrogen and oxygen atoms in total. The second kappa shape index (κ2) is 6.02. The van der Waals surface area contributed by atoms with Crippen LogP contribution in [0.25, 0.3) is 0 Å². The first-order valence-corrected chi connectivity index (χ1v) is 6.70. The van der Waals surface area contributed by atoms with Crippen LogP contribution in [-0.2, 0) is 11.3 Å². The van der Waals surface area contributed by atoms with Gasteiger partial charge in [0.1, 0.15) is 5.75 Å². The zero-order valence-corrected chi connectivity index (χ0v) is 12.0. The largest absolute Gasteiger partial charge is 0.496 e. The molecule has 0 atom stereocenters. The fourth-order valence-corrected chi connectivity index (χ4v) is 2.52. The summed E-state index contributed by atoms with van der Waals surface area (Å²) < 4.78 is 11.3. The number of aliphatic hydroxyl groups excluding tert-OH is 1. The van der Waals surface area contributed by atoms with Crippen molar-refractivity contribution in [3.05, 3.63) is 28.2 Å². The van der Waals surface area contributed by atoms with Gasteiger partial charge >= 0.3 is 0 Å². The van der Waals surface area contributed by atoms with E-state index in [-0.39, 0.29) is 12.0 Å². The Bertz CT molecular complexity index is 402. The number of aliphatic hydroxyl groups is 1. The molecule has 1 aromatic carbocycles. The molecule has 0 radical (unpaired) electrons. The number of benzene rings is 1. The lowest BCUT2D eigenvalue weighted by atomic mass is 9.87. The number of nitrogens with one attached hydrogen (secondary N) is 1. The summed E-state index contributed by atoms with van der Waals surface area (Å²) in [5.41, 5.74) is 1.10. The molecule has 1 saturated heterocycles. The number of hydrogen-bond donors (Lipinski definition) is 2. The van der Waals surface area contributed by atoms with Gasteiger partial charge < -0.3 is 19.9 Å². The van der Waals surface area contributed by atoms with Gasteiger partial charge in [0.2, 0.25) is 0 Å². The molecule has 0 spiro atoms. The van der Waals surface area contributed by atoms with E-state index >= 15 is 0 Å². The third-order valence-electron chi connectivity index (χ3n) is 3.20. The third kappa shape index (κ3) is 3.03. The summed E-state index contributed by atoms with van der Waals surface area (Å²) in [6.07, 6.45) is 0. The van der Waals surface area contributed by atoms with Gasteiger partial charge in [-0.3, -0.25) is 0 Å². The minimum absolute atomic E-state index is 0.0797. The second-order valence-corrected chi connectivity index (χ2v) is 5.58. The number of methoxy groups -OCH3 is 1. The summed E-state index contributed by atoms with van der Waals surface area (Å²) in [6, 6.07) is 6.00. The highest BCUT2D eigenvalue weighted by atomic mass is 79.9. The van der Waals surface area contributed by atoms with Crippen molar-refractivity contribution in [2.75, 3.05) is 33.5 Å². The molecule has 0 aromatic heterocycles. The zero-order chi connectivity index (χ0) is 13.0. The first kappa shape index (κ1) is 13.8. The zero-order valence-electron chi connectivity index (χ0n) is 10.4. The van der Waals surface area contributed by atoms with Crippen molar-refractivity contribution in [2.24, 2.45) is 5.41 Å². The van der Waals surface area contributed by atoms with E-state index in [1.54, 1.807) is 7.11 Å². The lowest BCUT2D eigenvalue weighted by molar-refractivity contribution is -0.134. The Balaban J connectivity index is 1.85. The normalized spacial score (nSPS) is 17.3. The molecule has 2 rings (SSSR count). The molecule has 18 heavy (non-hydrogen) atoms. The Hall–Kier alpha value is -0.620. The molecule has 1 aromatic rings. The molecule has 0 saturated carbocycles. The predicted octanol–water partition coefficient (Wildman–Crippen LogP) is 1.56. The average molecular weight is 316 g/mol. The van der Waals surface area contributed by atoms with Crippen LogP contribution >= 0.6 is 15.9 Å². The van der Waals surface area contributed by atoms with Crippen LogP contribution in [0.3, 0.4) is 0 Å². The van der Waals surface area contributed by atoms with Crippen molar-refractivity contribution in [3.63, 3.8) is 0 Å². The fourth-order valence-electron chi connectivity index (χ4n) is 1.93.